The average molecular weight is 343 g/mol. The monoisotopic (exact) mass is 338 g/mol. The fourth-order valence-electron chi connectivity index (χ4n) is 0. The summed E-state index contributed by atoms with van der Waals surface area (Å²) in [6, 6.07) is 0. The van der Waals surface area contributed by atoms with E-state index in [4.69, 9.17) is 58.1 Å². The van der Waals surface area contributed by atoms with Crippen molar-refractivity contribution in [3.05, 3.63) is 0 Å². The maximum absolute atomic E-state index is 5.01. The quantitative estimate of drug-likeness (QED) is 0.580. The third-order valence-corrected chi connectivity index (χ3v) is 0. The molecule has 0 radical (unpaired) electrons. The Morgan fingerprint density at radius 2 is 0.500 bits per heavy atom. The van der Waals surface area contributed by atoms with Gasteiger partial charge in [0.2, 0.25) is 0 Å². The molecule has 0 aromatic rings. The van der Waals surface area contributed by atoms with Crippen molar-refractivity contribution in [1.29, 1.82) is 0 Å². The summed E-state index contributed by atoms with van der Waals surface area (Å²) in [6.07, 6.45) is 0. The molecule has 0 bridgehead atoms. The van der Waals surface area contributed by atoms with E-state index in [9.17, 15) is 0 Å². The van der Waals surface area contributed by atoms with Gasteiger partial charge in [-0.2, -0.15) is 0 Å². The molecule has 0 nitrogen and oxygen atoms in total. The van der Waals surface area contributed by atoms with Crippen LogP contribution in [0, 0.1) is 0 Å². The molecule has 0 aliphatic carbocycles. The zero-order chi connectivity index (χ0) is 7.15. The summed E-state index contributed by atoms with van der Waals surface area (Å²) < 4.78 is 0. The molecule has 8 heavy (non-hydrogen) atoms. The Balaban J connectivity index is 0. The second-order valence-electron chi connectivity index (χ2n) is 0.606. The topological polar surface area (TPSA) is 0 Å². The van der Waals surface area contributed by atoms with Crippen LogP contribution in [-0.2, 0) is 26.0 Å². The molecular formula is Cl6Zn2. The Kier molecular flexibility index (Phi) is 16.9. The fraction of sp³-hybridized carbons (Fsp3) is 0. The van der Waals surface area contributed by atoms with Gasteiger partial charge in [-0.25, -0.2) is 0 Å². The molecule has 0 saturated carbocycles. The number of halogens is 6. The Labute approximate surface area is 82.8 Å². The molecule has 0 heterocycles. The van der Waals surface area contributed by atoms with Crippen molar-refractivity contribution < 1.29 is 26.0 Å². The number of hydrogen-bond acceptors (Lipinski definition) is 0. The summed E-state index contributed by atoms with van der Waals surface area (Å²) >= 11 is -4.42. The fourth-order valence-corrected chi connectivity index (χ4v) is 0. The molecule has 0 aliphatic rings. The zero-order valence-corrected chi connectivity index (χ0v) is 14.2. The van der Waals surface area contributed by atoms with Crippen LogP contribution in [0.2, 0.25) is 0 Å². The standard InChI is InChI=1S/6ClH.2Zn/h6*1H;;/q;;;;;;2*+3/p-6. The van der Waals surface area contributed by atoms with Crippen LogP contribution in [0.5, 0.6) is 0 Å². The van der Waals surface area contributed by atoms with Crippen LogP contribution in [0.4, 0.5) is 0 Å². The molecule has 0 spiro atoms. The van der Waals surface area contributed by atoms with E-state index >= 15 is 0 Å². The number of rotatable bonds is 0. The van der Waals surface area contributed by atoms with Crippen molar-refractivity contribution in [3.63, 3.8) is 0 Å². The van der Waals surface area contributed by atoms with Crippen LogP contribution < -0.4 is 0 Å². The van der Waals surface area contributed by atoms with E-state index in [0.29, 0.717) is 0 Å². The first-order valence-corrected chi connectivity index (χ1v) is 25.0. The number of hydrogen-bond donors (Lipinski definition) is 0. The predicted molar refractivity (Wildman–Crippen MR) is 35.1 cm³/mol. The van der Waals surface area contributed by atoms with E-state index in [0.717, 1.165) is 0 Å². The predicted octanol–water partition coefficient (Wildman–Crippen LogP) is 4.13. The van der Waals surface area contributed by atoms with E-state index in [2.05, 4.69) is 0 Å². The molecule has 46 valence electrons. The van der Waals surface area contributed by atoms with Crippen LogP contribution in [0.3, 0.4) is 0 Å². The first-order chi connectivity index (χ1) is 3.46. The van der Waals surface area contributed by atoms with Crippen LogP contribution >= 0.6 is 58.1 Å². The molecule has 0 rings (SSSR count). The first kappa shape index (κ1) is 13.6. The van der Waals surface area contributed by atoms with Gasteiger partial charge in [0.25, 0.3) is 0 Å². The molecular weight excluding hydrogens is 343 g/mol. The second-order valence-corrected chi connectivity index (χ2v) is 28.3. The molecule has 0 unspecified atom stereocenters. The van der Waals surface area contributed by atoms with Gasteiger partial charge in [-0.05, 0) is 0 Å². The third-order valence-electron chi connectivity index (χ3n) is 0. The molecule has 0 fully saturated rings. The molecule has 0 atom stereocenters. The van der Waals surface area contributed by atoms with Crippen LogP contribution in [0.25, 0.3) is 0 Å². The minimum absolute atomic E-state index is 2.21. The normalized spacial score (nSPS) is 6.75. The van der Waals surface area contributed by atoms with Crippen molar-refractivity contribution >= 4 is 58.1 Å². The summed E-state index contributed by atoms with van der Waals surface area (Å²) in [5, 5.41) is 0. The van der Waals surface area contributed by atoms with Gasteiger partial charge in [0.15, 0.2) is 0 Å². The maximum atomic E-state index is 5.01. The molecule has 0 aromatic carbocycles. The molecule has 0 aromatic heterocycles. The van der Waals surface area contributed by atoms with Crippen LogP contribution in [0.15, 0.2) is 0 Å². The van der Waals surface area contributed by atoms with Gasteiger partial charge in [0, 0.05) is 0 Å². The van der Waals surface area contributed by atoms with Crippen molar-refractivity contribution in [2.24, 2.45) is 0 Å². The Bertz CT molecular complexity index is 22.0. The Hall–Kier alpha value is 2.99. The third kappa shape index (κ3) is 64.3. The molecule has 0 aliphatic heterocycles. The van der Waals surface area contributed by atoms with E-state index in [1.807, 2.05) is 0 Å². The van der Waals surface area contributed by atoms with Crippen molar-refractivity contribution in [2.45, 2.75) is 0 Å². The van der Waals surface area contributed by atoms with Gasteiger partial charge >= 0.3 is 84.1 Å². The first-order valence-electron chi connectivity index (χ1n) is 1.60. The van der Waals surface area contributed by atoms with Gasteiger partial charge in [0.05, 0.1) is 0 Å². The zero-order valence-electron chi connectivity index (χ0n) is 3.68. The van der Waals surface area contributed by atoms with E-state index in [1.165, 1.54) is 0 Å². The van der Waals surface area contributed by atoms with Gasteiger partial charge in [0.1, 0.15) is 0 Å². The van der Waals surface area contributed by atoms with Crippen molar-refractivity contribution in [1.82, 2.24) is 0 Å². The molecule has 0 saturated heterocycles. The van der Waals surface area contributed by atoms with Crippen LogP contribution in [0.1, 0.15) is 0 Å². The SMILES string of the molecule is [Cl][Zn]([Cl])[Cl].[Cl][Zn]([Cl])[Cl]. The summed E-state index contributed by atoms with van der Waals surface area (Å²) in [5.41, 5.74) is 0. The van der Waals surface area contributed by atoms with E-state index in [1.54, 1.807) is 0 Å². The van der Waals surface area contributed by atoms with Crippen molar-refractivity contribution in [3.8, 4) is 0 Å². The van der Waals surface area contributed by atoms with E-state index < -0.39 is 26.0 Å². The van der Waals surface area contributed by atoms with Gasteiger partial charge < -0.3 is 0 Å². The molecule has 8 heteroatoms. The van der Waals surface area contributed by atoms with Gasteiger partial charge in [-0.3, -0.25) is 0 Å². The van der Waals surface area contributed by atoms with E-state index in [-0.39, 0.29) is 0 Å². The molecule has 0 N–H and O–H groups in total. The summed E-state index contributed by atoms with van der Waals surface area (Å²) in [6.45, 7) is 0. The summed E-state index contributed by atoms with van der Waals surface area (Å²) in [5.74, 6) is 0. The average Bonchev–Trinajstić information content (AvgIpc) is 1.25. The van der Waals surface area contributed by atoms with Gasteiger partial charge in [-0.1, -0.05) is 0 Å². The minimum atomic E-state index is -2.21. The van der Waals surface area contributed by atoms with Gasteiger partial charge in [-0.15, -0.1) is 0 Å². The Morgan fingerprint density at radius 3 is 0.500 bits per heavy atom. The summed E-state index contributed by atoms with van der Waals surface area (Å²) in [7, 11) is 30.1. The second kappa shape index (κ2) is 9.99. The Morgan fingerprint density at radius 1 is 0.500 bits per heavy atom. The summed E-state index contributed by atoms with van der Waals surface area (Å²) in [4.78, 5) is 0. The van der Waals surface area contributed by atoms with Crippen LogP contribution in [-0.4, -0.2) is 0 Å². The van der Waals surface area contributed by atoms with Crippen molar-refractivity contribution in [2.75, 3.05) is 0 Å². The molecule has 0 amide bonds.